The van der Waals surface area contributed by atoms with E-state index >= 15 is 0 Å². The quantitative estimate of drug-likeness (QED) is 0.752. The highest BCUT2D eigenvalue weighted by Crippen LogP contribution is 2.22. The number of amides is 1. The van der Waals surface area contributed by atoms with Crippen molar-refractivity contribution in [2.24, 2.45) is 5.73 Å². The second-order valence-electron chi connectivity index (χ2n) is 7.98. The van der Waals surface area contributed by atoms with Crippen molar-refractivity contribution in [1.82, 2.24) is 14.7 Å². The molecule has 2 N–H and O–H groups in total. The predicted octanol–water partition coefficient (Wildman–Crippen LogP) is 2.42. The highest BCUT2D eigenvalue weighted by Gasteiger charge is 2.29. The Morgan fingerprint density at radius 2 is 1.57 bits per heavy atom. The van der Waals surface area contributed by atoms with Gasteiger partial charge in [-0.15, -0.1) is 24.8 Å². The zero-order chi connectivity index (χ0) is 18.5. The van der Waals surface area contributed by atoms with Gasteiger partial charge in [-0.05, 0) is 38.7 Å². The van der Waals surface area contributed by atoms with E-state index in [9.17, 15) is 4.79 Å². The van der Waals surface area contributed by atoms with Crippen LogP contribution in [-0.4, -0.2) is 78.0 Å². The summed E-state index contributed by atoms with van der Waals surface area (Å²) in [6.07, 6.45) is 3.26. The molecule has 7 heteroatoms. The van der Waals surface area contributed by atoms with Crippen LogP contribution in [0.2, 0.25) is 0 Å². The van der Waals surface area contributed by atoms with E-state index in [4.69, 9.17) is 5.73 Å². The van der Waals surface area contributed by atoms with Gasteiger partial charge in [-0.2, -0.15) is 0 Å². The third kappa shape index (κ3) is 6.60. The van der Waals surface area contributed by atoms with Crippen molar-refractivity contribution in [2.45, 2.75) is 51.2 Å². The molecule has 0 bridgehead atoms. The van der Waals surface area contributed by atoms with E-state index in [-0.39, 0.29) is 30.7 Å². The first-order valence-corrected chi connectivity index (χ1v) is 10.1. The first-order valence-electron chi connectivity index (χ1n) is 10.1. The SMILES string of the molecule is CC1CCC(C)N1CCN1CCN(C(=O)C(N)Cc2ccccc2)CC1.Cl.Cl. The molecule has 0 spiro atoms. The fourth-order valence-electron chi connectivity index (χ4n) is 4.33. The maximum Gasteiger partial charge on any atom is 0.239 e. The molecule has 0 radical (unpaired) electrons. The number of carbonyl (C=O) groups excluding carboxylic acids is 1. The number of nitrogens with zero attached hydrogens (tertiary/aromatic N) is 3. The molecule has 1 amide bonds. The van der Waals surface area contributed by atoms with Gasteiger partial charge in [0.15, 0.2) is 0 Å². The van der Waals surface area contributed by atoms with E-state index in [1.165, 1.54) is 12.8 Å². The van der Waals surface area contributed by atoms with E-state index in [1.54, 1.807) is 0 Å². The molecule has 1 aromatic rings. The summed E-state index contributed by atoms with van der Waals surface area (Å²) >= 11 is 0. The molecule has 2 saturated heterocycles. The van der Waals surface area contributed by atoms with Crippen LogP contribution in [0.15, 0.2) is 30.3 Å². The lowest BCUT2D eigenvalue weighted by molar-refractivity contribution is -0.134. The van der Waals surface area contributed by atoms with Gasteiger partial charge in [-0.25, -0.2) is 0 Å². The summed E-state index contributed by atoms with van der Waals surface area (Å²) in [7, 11) is 0. The molecule has 28 heavy (non-hydrogen) atoms. The summed E-state index contributed by atoms with van der Waals surface area (Å²) in [5.74, 6) is 0.0929. The zero-order valence-electron chi connectivity index (χ0n) is 17.1. The van der Waals surface area contributed by atoms with Gasteiger partial charge < -0.3 is 10.6 Å². The molecule has 3 rings (SSSR count). The van der Waals surface area contributed by atoms with Crippen molar-refractivity contribution in [3.63, 3.8) is 0 Å². The van der Waals surface area contributed by atoms with Gasteiger partial charge in [0, 0.05) is 51.4 Å². The summed E-state index contributed by atoms with van der Waals surface area (Å²) in [4.78, 5) is 19.7. The van der Waals surface area contributed by atoms with Crippen LogP contribution in [0.3, 0.4) is 0 Å². The van der Waals surface area contributed by atoms with E-state index in [1.807, 2.05) is 35.2 Å². The Labute approximate surface area is 182 Å². The van der Waals surface area contributed by atoms with Crippen LogP contribution in [0.25, 0.3) is 0 Å². The van der Waals surface area contributed by atoms with Crippen LogP contribution in [0.5, 0.6) is 0 Å². The van der Waals surface area contributed by atoms with Crippen molar-refractivity contribution >= 4 is 30.7 Å². The van der Waals surface area contributed by atoms with Gasteiger partial charge in [-0.3, -0.25) is 14.6 Å². The van der Waals surface area contributed by atoms with Crippen molar-refractivity contribution in [2.75, 3.05) is 39.3 Å². The molecule has 1 aromatic carbocycles. The van der Waals surface area contributed by atoms with Crippen LogP contribution in [-0.2, 0) is 11.2 Å². The predicted molar refractivity (Wildman–Crippen MR) is 121 cm³/mol. The fourth-order valence-corrected chi connectivity index (χ4v) is 4.33. The van der Waals surface area contributed by atoms with Gasteiger partial charge in [0.05, 0.1) is 6.04 Å². The van der Waals surface area contributed by atoms with Crippen LogP contribution in [0.4, 0.5) is 0 Å². The number of likely N-dealkylation sites (tertiary alicyclic amines) is 1. The minimum absolute atomic E-state index is 0. The molecule has 3 atom stereocenters. The van der Waals surface area contributed by atoms with E-state index < -0.39 is 6.04 Å². The van der Waals surface area contributed by atoms with Crippen LogP contribution in [0, 0.1) is 0 Å². The average molecular weight is 431 g/mol. The van der Waals surface area contributed by atoms with Gasteiger partial charge >= 0.3 is 0 Å². The molecule has 2 aliphatic heterocycles. The van der Waals surface area contributed by atoms with E-state index in [0.717, 1.165) is 44.8 Å². The minimum Gasteiger partial charge on any atom is -0.339 e. The van der Waals surface area contributed by atoms with E-state index in [0.29, 0.717) is 18.5 Å². The van der Waals surface area contributed by atoms with Crippen LogP contribution >= 0.6 is 24.8 Å². The second-order valence-corrected chi connectivity index (χ2v) is 7.98. The van der Waals surface area contributed by atoms with Crippen LogP contribution in [0.1, 0.15) is 32.3 Å². The Hall–Kier alpha value is -0.850. The molecule has 3 unspecified atom stereocenters. The standard InChI is InChI=1S/C21H34N4O.2ClH/c1-17-8-9-18(2)25(17)15-12-23-10-13-24(14-11-23)21(26)20(22)16-19-6-4-3-5-7-19;;/h3-7,17-18,20H,8-16,22H2,1-2H3;2*1H. The van der Waals surface area contributed by atoms with Gasteiger partial charge in [0.1, 0.15) is 0 Å². The highest BCUT2D eigenvalue weighted by atomic mass is 35.5. The lowest BCUT2D eigenvalue weighted by Gasteiger charge is -2.37. The third-order valence-corrected chi connectivity index (χ3v) is 6.11. The smallest absolute Gasteiger partial charge is 0.239 e. The normalized spacial score (nSPS) is 24.3. The fraction of sp³-hybridized carbons (Fsp3) is 0.667. The molecule has 0 saturated carbocycles. The van der Waals surface area contributed by atoms with Crippen molar-refractivity contribution in [3.05, 3.63) is 35.9 Å². The number of rotatable bonds is 6. The van der Waals surface area contributed by atoms with Crippen molar-refractivity contribution in [1.29, 1.82) is 0 Å². The first kappa shape index (κ1) is 25.2. The van der Waals surface area contributed by atoms with Gasteiger partial charge in [0.25, 0.3) is 0 Å². The first-order chi connectivity index (χ1) is 12.5. The Morgan fingerprint density at radius 3 is 2.14 bits per heavy atom. The number of piperazine rings is 1. The summed E-state index contributed by atoms with van der Waals surface area (Å²) < 4.78 is 0. The summed E-state index contributed by atoms with van der Waals surface area (Å²) in [5, 5.41) is 0. The zero-order valence-corrected chi connectivity index (χ0v) is 18.8. The molecular formula is C21H36Cl2N4O. The highest BCUT2D eigenvalue weighted by molar-refractivity contribution is 5.85. The number of hydrogen-bond acceptors (Lipinski definition) is 4. The van der Waals surface area contributed by atoms with E-state index in [2.05, 4.69) is 23.6 Å². The van der Waals surface area contributed by atoms with Gasteiger partial charge in [-0.1, -0.05) is 30.3 Å². The second kappa shape index (κ2) is 12.0. The molecular weight excluding hydrogens is 395 g/mol. The molecule has 0 aliphatic carbocycles. The average Bonchev–Trinajstić information content (AvgIpc) is 2.98. The topological polar surface area (TPSA) is 52.8 Å². The summed E-state index contributed by atoms with van der Waals surface area (Å²) in [5.41, 5.74) is 7.30. The number of halogens is 2. The molecule has 160 valence electrons. The molecule has 0 aromatic heterocycles. The third-order valence-electron chi connectivity index (χ3n) is 6.11. The Morgan fingerprint density at radius 1 is 1.00 bits per heavy atom. The lowest BCUT2D eigenvalue weighted by atomic mass is 10.1. The molecule has 5 nitrogen and oxygen atoms in total. The van der Waals surface area contributed by atoms with Crippen molar-refractivity contribution in [3.8, 4) is 0 Å². The minimum atomic E-state index is -0.435. The Bertz CT molecular complexity index is 571. The monoisotopic (exact) mass is 430 g/mol. The molecule has 2 aliphatic rings. The van der Waals surface area contributed by atoms with Gasteiger partial charge in [0.2, 0.25) is 5.91 Å². The van der Waals surface area contributed by atoms with Crippen LogP contribution < -0.4 is 5.73 Å². The maximum absolute atomic E-state index is 12.6. The number of hydrogen-bond donors (Lipinski definition) is 1. The molecule has 2 heterocycles. The number of carbonyl (C=O) groups is 1. The lowest BCUT2D eigenvalue weighted by Crippen LogP contribution is -2.54. The maximum atomic E-state index is 12.6. The summed E-state index contributed by atoms with van der Waals surface area (Å²) in [6, 6.07) is 11.0. The summed E-state index contributed by atoms with van der Waals surface area (Å²) in [6.45, 7) is 10.4. The largest absolute Gasteiger partial charge is 0.339 e. The number of nitrogens with two attached hydrogens (primary N) is 1. The Kier molecular flexibility index (Phi) is 10.8. The molecule has 2 fully saturated rings. The number of benzene rings is 1. The Balaban J connectivity index is 0.00000196. The van der Waals surface area contributed by atoms with Crippen molar-refractivity contribution < 1.29 is 4.79 Å².